The van der Waals surface area contributed by atoms with Crippen LogP contribution in [0, 0.1) is 12.8 Å². The molecule has 1 rings (SSSR count). The number of benzene rings is 1. The van der Waals surface area contributed by atoms with Gasteiger partial charge in [-0.1, -0.05) is 69.0 Å². The number of nitrogens with one attached hydrogen (secondary N) is 1. The maximum absolute atomic E-state index is 11.6. The fraction of sp³-hybridized carbons (Fsp3) is 0.478. The summed E-state index contributed by atoms with van der Waals surface area (Å²) in [7, 11) is 1.50. The standard InChI is InChI=1S/C18H27NOS.C2H4O.C2H2.CH5N/c1-2-3-4-5-9-13-18(20)19-14-10-15-21-16-17-11-7-6-8-12-17;1-2-3;2*1-2/h6-8,10-12,15H,2-5,9,13-14,16H2,1H3,(H,19,20);2H,1H3;1-2H;2H2,1H3/b15-10+;;;. The number of thioether (sulfide) groups is 1. The van der Waals surface area contributed by atoms with Crippen LogP contribution in [0.1, 0.15) is 57.9 Å². The number of carbonyl (C=O) groups excluding carboxylic acids is 2. The monoisotopic (exact) mass is 406 g/mol. The summed E-state index contributed by atoms with van der Waals surface area (Å²) in [4.78, 5) is 20.4. The number of hydrogen-bond donors (Lipinski definition) is 2. The topological polar surface area (TPSA) is 72.2 Å². The summed E-state index contributed by atoms with van der Waals surface area (Å²) >= 11 is 1.75. The number of terminal acetylenes is 1. The molecule has 0 spiro atoms. The molecule has 0 aliphatic carbocycles. The second-order valence-corrected chi connectivity index (χ2v) is 6.27. The molecule has 0 heterocycles. The molecule has 0 aliphatic rings. The lowest BCUT2D eigenvalue weighted by atomic mass is 10.1. The second kappa shape index (κ2) is 29.7. The SMILES string of the molecule is C#C.CC=O.CCCCCCCC(=O)NC/C=C/SCc1ccccc1.CN. The highest BCUT2D eigenvalue weighted by atomic mass is 32.2. The van der Waals surface area contributed by atoms with Crippen LogP contribution in [-0.4, -0.2) is 25.8 Å². The molecular formula is C23H38N2O2S. The molecule has 28 heavy (non-hydrogen) atoms. The smallest absolute Gasteiger partial charge is 0.220 e. The number of nitrogens with two attached hydrogens (primary N) is 1. The zero-order chi connectivity index (χ0) is 21.9. The minimum Gasteiger partial charge on any atom is -0.353 e. The highest BCUT2D eigenvalue weighted by Gasteiger charge is 1.98. The normalized spacial score (nSPS) is 8.93. The van der Waals surface area contributed by atoms with Gasteiger partial charge in [-0.25, -0.2) is 0 Å². The number of hydrogen-bond acceptors (Lipinski definition) is 4. The summed E-state index contributed by atoms with van der Waals surface area (Å²) in [5, 5.41) is 5.00. The van der Waals surface area contributed by atoms with Crippen LogP contribution in [0.3, 0.4) is 0 Å². The van der Waals surface area contributed by atoms with Crippen LogP contribution in [0.15, 0.2) is 41.8 Å². The van der Waals surface area contributed by atoms with E-state index in [1.54, 1.807) is 11.8 Å². The van der Waals surface area contributed by atoms with E-state index in [9.17, 15) is 4.79 Å². The number of rotatable bonds is 11. The first-order chi connectivity index (χ1) is 13.7. The molecule has 0 bridgehead atoms. The van der Waals surface area contributed by atoms with E-state index in [1.165, 1.54) is 45.2 Å². The van der Waals surface area contributed by atoms with Crippen LogP contribution < -0.4 is 11.1 Å². The average Bonchev–Trinajstić information content (AvgIpc) is 2.75. The van der Waals surface area contributed by atoms with Gasteiger partial charge in [-0.2, -0.15) is 0 Å². The summed E-state index contributed by atoms with van der Waals surface area (Å²) < 4.78 is 0. The predicted molar refractivity (Wildman–Crippen MR) is 125 cm³/mol. The molecule has 5 heteroatoms. The van der Waals surface area contributed by atoms with Crippen molar-refractivity contribution in [3.8, 4) is 12.8 Å². The molecular weight excluding hydrogens is 368 g/mol. The van der Waals surface area contributed by atoms with Gasteiger partial charge in [0.2, 0.25) is 5.91 Å². The first-order valence-electron chi connectivity index (χ1n) is 9.62. The molecule has 0 radical (unpaired) electrons. The van der Waals surface area contributed by atoms with Gasteiger partial charge in [0.1, 0.15) is 6.29 Å². The molecule has 0 atom stereocenters. The molecule has 3 N–H and O–H groups in total. The molecule has 1 amide bonds. The lowest BCUT2D eigenvalue weighted by molar-refractivity contribution is -0.121. The van der Waals surface area contributed by atoms with Gasteiger partial charge in [-0.15, -0.1) is 24.6 Å². The van der Waals surface area contributed by atoms with Crippen LogP contribution in [0.25, 0.3) is 0 Å². The predicted octanol–water partition coefficient (Wildman–Crippen LogP) is 4.94. The van der Waals surface area contributed by atoms with Crippen molar-refractivity contribution in [1.82, 2.24) is 5.32 Å². The van der Waals surface area contributed by atoms with Crippen LogP contribution in [-0.2, 0) is 15.3 Å². The molecule has 158 valence electrons. The Labute approximate surface area is 176 Å². The van der Waals surface area contributed by atoms with Gasteiger partial charge in [-0.05, 0) is 31.4 Å². The Balaban J connectivity index is -0.000000789. The Morgan fingerprint density at radius 2 is 1.68 bits per heavy atom. The van der Waals surface area contributed by atoms with Crippen molar-refractivity contribution in [2.45, 2.75) is 58.1 Å². The van der Waals surface area contributed by atoms with Crippen molar-refractivity contribution in [1.29, 1.82) is 0 Å². The first-order valence-corrected chi connectivity index (χ1v) is 10.7. The van der Waals surface area contributed by atoms with Gasteiger partial charge in [0, 0.05) is 18.7 Å². The fourth-order valence-corrected chi connectivity index (χ4v) is 2.70. The largest absolute Gasteiger partial charge is 0.353 e. The molecule has 0 saturated heterocycles. The third kappa shape index (κ3) is 26.2. The molecule has 0 saturated carbocycles. The van der Waals surface area contributed by atoms with Crippen molar-refractivity contribution in [2.75, 3.05) is 13.6 Å². The van der Waals surface area contributed by atoms with E-state index >= 15 is 0 Å². The van der Waals surface area contributed by atoms with Crippen molar-refractivity contribution in [3.63, 3.8) is 0 Å². The van der Waals surface area contributed by atoms with Gasteiger partial charge in [0.25, 0.3) is 0 Å². The van der Waals surface area contributed by atoms with E-state index in [2.05, 4.69) is 60.5 Å². The third-order valence-electron chi connectivity index (χ3n) is 3.21. The first kappa shape index (κ1) is 30.7. The number of carbonyl (C=O) groups is 2. The van der Waals surface area contributed by atoms with Crippen LogP contribution >= 0.6 is 11.8 Å². The minimum atomic E-state index is 0.171. The number of amides is 1. The third-order valence-corrected chi connectivity index (χ3v) is 4.09. The highest BCUT2D eigenvalue weighted by molar-refractivity contribution is 8.01. The minimum absolute atomic E-state index is 0.171. The molecule has 1 aromatic rings. The van der Waals surface area contributed by atoms with Gasteiger partial charge in [0.05, 0.1) is 0 Å². The van der Waals surface area contributed by atoms with E-state index in [-0.39, 0.29) is 5.91 Å². The molecule has 0 aliphatic heterocycles. The Morgan fingerprint density at radius 3 is 2.25 bits per heavy atom. The maximum atomic E-state index is 11.6. The van der Waals surface area contributed by atoms with Crippen molar-refractivity contribution in [3.05, 3.63) is 47.4 Å². The van der Waals surface area contributed by atoms with E-state index in [1.807, 2.05) is 12.1 Å². The number of unbranched alkanes of at least 4 members (excludes halogenated alkanes) is 4. The fourth-order valence-electron chi connectivity index (χ4n) is 1.98. The lowest BCUT2D eigenvalue weighted by Crippen LogP contribution is -2.22. The Kier molecular flexibility index (Phi) is 32.6. The number of aldehydes is 1. The van der Waals surface area contributed by atoms with E-state index in [4.69, 9.17) is 4.79 Å². The van der Waals surface area contributed by atoms with E-state index in [0.717, 1.165) is 18.5 Å². The maximum Gasteiger partial charge on any atom is 0.220 e. The van der Waals surface area contributed by atoms with Gasteiger partial charge in [-0.3, -0.25) is 4.79 Å². The van der Waals surface area contributed by atoms with Crippen LogP contribution in [0.5, 0.6) is 0 Å². The molecule has 0 aromatic heterocycles. The Hall–Kier alpha value is -2.03. The van der Waals surface area contributed by atoms with Crippen molar-refractivity contribution >= 4 is 24.0 Å². The van der Waals surface area contributed by atoms with Crippen LogP contribution in [0.4, 0.5) is 0 Å². The summed E-state index contributed by atoms with van der Waals surface area (Å²) in [6, 6.07) is 10.4. The summed E-state index contributed by atoms with van der Waals surface area (Å²) in [5.74, 6) is 1.15. The van der Waals surface area contributed by atoms with E-state index in [0.29, 0.717) is 13.0 Å². The van der Waals surface area contributed by atoms with Crippen LogP contribution in [0.2, 0.25) is 0 Å². The molecule has 0 fully saturated rings. The zero-order valence-electron chi connectivity index (χ0n) is 17.7. The van der Waals surface area contributed by atoms with Gasteiger partial charge >= 0.3 is 0 Å². The van der Waals surface area contributed by atoms with Crippen molar-refractivity contribution < 1.29 is 9.59 Å². The summed E-state index contributed by atoms with van der Waals surface area (Å²) in [6.45, 7) is 4.28. The molecule has 4 nitrogen and oxygen atoms in total. The average molecular weight is 407 g/mol. The highest BCUT2D eigenvalue weighted by Crippen LogP contribution is 2.12. The lowest BCUT2D eigenvalue weighted by Gasteiger charge is -2.02. The second-order valence-electron chi connectivity index (χ2n) is 5.37. The van der Waals surface area contributed by atoms with Crippen molar-refractivity contribution in [2.24, 2.45) is 5.73 Å². The summed E-state index contributed by atoms with van der Waals surface area (Å²) in [6.07, 6.45) is 17.4. The Morgan fingerprint density at radius 1 is 1.11 bits per heavy atom. The van der Waals surface area contributed by atoms with Gasteiger partial charge in [0.15, 0.2) is 0 Å². The molecule has 0 unspecified atom stereocenters. The Bertz CT molecular complexity index is 488. The molecule has 1 aromatic carbocycles. The quantitative estimate of drug-likeness (QED) is 0.310. The van der Waals surface area contributed by atoms with Gasteiger partial charge < -0.3 is 15.8 Å². The zero-order valence-corrected chi connectivity index (χ0v) is 18.5. The van der Waals surface area contributed by atoms with E-state index < -0.39 is 0 Å². The summed E-state index contributed by atoms with van der Waals surface area (Å²) in [5.41, 5.74) is 5.82.